The first-order chi connectivity index (χ1) is 8.88. The van der Waals surface area contributed by atoms with Crippen molar-refractivity contribution in [2.45, 2.75) is 32.2 Å². The van der Waals surface area contributed by atoms with Crippen LogP contribution in [0.15, 0.2) is 36.4 Å². The highest BCUT2D eigenvalue weighted by Crippen LogP contribution is 2.37. The summed E-state index contributed by atoms with van der Waals surface area (Å²) in [6, 6.07) is 13.2. The minimum absolute atomic E-state index is 0.438. The molecular formula is C16H20N2. The second kappa shape index (κ2) is 5.07. The van der Waals surface area contributed by atoms with Crippen LogP contribution in [0.25, 0.3) is 10.9 Å². The number of fused-ring (bicyclic) bond motifs is 1. The van der Waals surface area contributed by atoms with Crippen molar-refractivity contribution in [3.8, 4) is 0 Å². The summed E-state index contributed by atoms with van der Waals surface area (Å²) >= 11 is 0. The summed E-state index contributed by atoms with van der Waals surface area (Å²) in [6.07, 6.45) is 4.05. The summed E-state index contributed by atoms with van der Waals surface area (Å²) in [5.41, 5.74) is 2.32. The molecule has 1 aromatic carbocycles. The molecule has 2 nitrogen and oxygen atoms in total. The van der Waals surface area contributed by atoms with Gasteiger partial charge >= 0.3 is 0 Å². The van der Waals surface area contributed by atoms with Crippen LogP contribution in [0.4, 0.5) is 0 Å². The quantitative estimate of drug-likeness (QED) is 0.881. The second-order valence-electron chi connectivity index (χ2n) is 5.16. The summed E-state index contributed by atoms with van der Waals surface area (Å²) < 4.78 is 0. The van der Waals surface area contributed by atoms with Crippen LogP contribution in [0, 0.1) is 5.92 Å². The fourth-order valence-electron chi connectivity index (χ4n) is 2.76. The molecule has 0 aliphatic heterocycles. The van der Waals surface area contributed by atoms with Crippen LogP contribution in [0.2, 0.25) is 0 Å². The van der Waals surface area contributed by atoms with E-state index in [4.69, 9.17) is 4.98 Å². The molecule has 2 aromatic rings. The van der Waals surface area contributed by atoms with Gasteiger partial charge in [-0.1, -0.05) is 37.6 Å². The fraction of sp³-hybridized carbons (Fsp3) is 0.438. The highest BCUT2D eigenvalue weighted by molar-refractivity contribution is 5.78. The highest BCUT2D eigenvalue weighted by Gasteiger charge is 2.28. The molecule has 0 radical (unpaired) electrons. The van der Waals surface area contributed by atoms with E-state index in [1.54, 1.807) is 0 Å². The van der Waals surface area contributed by atoms with Crippen LogP contribution >= 0.6 is 0 Å². The first kappa shape index (κ1) is 11.7. The molecule has 1 atom stereocenters. The Morgan fingerprint density at radius 2 is 2.06 bits per heavy atom. The van der Waals surface area contributed by atoms with Crippen LogP contribution in [-0.4, -0.2) is 11.5 Å². The summed E-state index contributed by atoms with van der Waals surface area (Å²) in [5, 5.41) is 4.83. The van der Waals surface area contributed by atoms with Crippen molar-refractivity contribution in [3.05, 3.63) is 42.1 Å². The van der Waals surface area contributed by atoms with E-state index in [1.807, 2.05) is 0 Å². The topological polar surface area (TPSA) is 24.9 Å². The number of aromatic nitrogens is 1. The van der Waals surface area contributed by atoms with Gasteiger partial charge in [-0.2, -0.15) is 0 Å². The minimum atomic E-state index is 0.438. The molecule has 1 unspecified atom stereocenters. The van der Waals surface area contributed by atoms with E-state index in [-0.39, 0.29) is 0 Å². The number of benzene rings is 1. The average Bonchev–Trinajstić information content (AvgIpc) is 2.35. The molecule has 1 heterocycles. The van der Waals surface area contributed by atoms with Crippen molar-refractivity contribution >= 4 is 10.9 Å². The number of para-hydroxylation sites is 1. The van der Waals surface area contributed by atoms with Crippen molar-refractivity contribution in [1.29, 1.82) is 0 Å². The van der Waals surface area contributed by atoms with Crippen molar-refractivity contribution in [2.75, 3.05) is 6.54 Å². The molecule has 1 N–H and O–H groups in total. The molecule has 1 aliphatic carbocycles. The van der Waals surface area contributed by atoms with Gasteiger partial charge in [0.15, 0.2) is 0 Å². The van der Waals surface area contributed by atoms with Crippen LogP contribution in [0.1, 0.15) is 37.9 Å². The van der Waals surface area contributed by atoms with Gasteiger partial charge in [-0.05, 0) is 37.4 Å². The zero-order valence-electron chi connectivity index (χ0n) is 10.9. The molecular weight excluding hydrogens is 220 g/mol. The molecule has 1 saturated carbocycles. The van der Waals surface area contributed by atoms with Crippen molar-refractivity contribution in [2.24, 2.45) is 5.92 Å². The summed E-state index contributed by atoms with van der Waals surface area (Å²) in [4.78, 5) is 4.83. The van der Waals surface area contributed by atoms with Gasteiger partial charge in [0.2, 0.25) is 0 Å². The average molecular weight is 240 g/mol. The van der Waals surface area contributed by atoms with E-state index < -0.39 is 0 Å². The predicted molar refractivity (Wildman–Crippen MR) is 75.5 cm³/mol. The Morgan fingerprint density at radius 1 is 1.22 bits per heavy atom. The number of pyridine rings is 1. The third kappa shape index (κ3) is 2.13. The number of rotatable bonds is 4. The van der Waals surface area contributed by atoms with Gasteiger partial charge in [-0.3, -0.25) is 4.98 Å². The lowest BCUT2D eigenvalue weighted by Crippen LogP contribution is -2.32. The van der Waals surface area contributed by atoms with Gasteiger partial charge in [0.25, 0.3) is 0 Å². The molecule has 1 aliphatic rings. The summed E-state index contributed by atoms with van der Waals surface area (Å²) in [7, 11) is 0. The van der Waals surface area contributed by atoms with Crippen LogP contribution < -0.4 is 5.32 Å². The Kier molecular flexibility index (Phi) is 3.28. The van der Waals surface area contributed by atoms with Gasteiger partial charge in [-0.15, -0.1) is 0 Å². The first-order valence-corrected chi connectivity index (χ1v) is 6.97. The molecule has 18 heavy (non-hydrogen) atoms. The van der Waals surface area contributed by atoms with E-state index in [0.29, 0.717) is 6.04 Å². The SMILES string of the molecule is CCNC(c1ccc2ccccc2n1)C1CCC1. The summed E-state index contributed by atoms with van der Waals surface area (Å²) in [6.45, 7) is 3.18. The summed E-state index contributed by atoms with van der Waals surface area (Å²) in [5.74, 6) is 0.776. The molecule has 0 bridgehead atoms. The van der Waals surface area contributed by atoms with Gasteiger partial charge < -0.3 is 5.32 Å². The lowest BCUT2D eigenvalue weighted by Gasteiger charge is -2.34. The Morgan fingerprint density at radius 3 is 2.78 bits per heavy atom. The third-order valence-electron chi connectivity index (χ3n) is 3.98. The standard InChI is InChI=1S/C16H20N2/c1-2-17-16(13-7-5-8-13)15-11-10-12-6-3-4-9-14(12)18-15/h3-4,6,9-11,13,16-17H,2,5,7-8H2,1H3. The van der Waals surface area contributed by atoms with E-state index in [0.717, 1.165) is 18.0 Å². The predicted octanol–water partition coefficient (Wildman–Crippen LogP) is 3.69. The Balaban J connectivity index is 1.95. The van der Waals surface area contributed by atoms with E-state index in [1.165, 1.54) is 30.3 Å². The van der Waals surface area contributed by atoms with Crippen molar-refractivity contribution in [3.63, 3.8) is 0 Å². The number of nitrogens with zero attached hydrogens (tertiary/aromatic N) is 1. The molecule has 2 heteroatoms. The molecule has 0 amide bonds. The minimum Gasteiger partial charge on any atom is -0.309 e. The van der Waals surface area contributed by atoms with Crippen molar-refractivity contribution < 1.29 is 0 Å². The van der Waals surface area contributed by atoms with Crippen LogP contribution in [0.5, 0.6) is 0 Å². The van der Waals surface area contributed by atoms with Crippen molar-refractivity contribution in [1.82, 2.24) is 10.3 Å². The largest absolute Gasteiger partial charge is 0.309 e. The number of nitrogens with one attached hydrogen (secondary N) is 1. The fourth-order valence-corrected chi connectivity index (χ4v) is 2.76. The molecule has 3 rings (SSSR count). The molecule has 1 fully saturated rings. The smallest absolute Gasteiger partial charge is 0.0706 e. The third-order valence-corrected chi connectivity index (χ3v) is 3.98. The molecule has 0 saturated heterocycles. The van der Waals surface area contributed by atoms with Gasteiger partial charge in [0.05, 0.1) is 17.3 Å². The second-order valence-corrected chi connectivity index (χ2v) is 5.16. The lowest BCUT2D eigenvalue weighted by molar-refractivity contribution is 0.230. The molecule has 94 valence electrons. The monoisotopic (exact) mass is 240 g/mol. The Labute approximate surface area is 108 Å². The maximum atomic E-state index is 4.83. The molecule has 1 aromatic heterocycles. The highest BCUT2D eigenvalue weighted by atomic mass is 14.9. The first-order valence-electron chi connectivity index (χ1n) is 6.97. The van der Waals surface area contributed by atoms with Gasteiger partial charge in [0, 0.05) is 5.39 Å². The Hall–Kier alpha value is -1.41. The van der Waals surface area contributed by atoms with E-state index in [9.17, 15) is 0 Å². The lowest BCUT2D eigenvalue weighted by atomic mass is 9.78. The maximum absolute atomic E-state index is 4.83. The van der Waals surface area contributed by atoms with Gasteiger partial charge in [-0.25, -0.2) is 0 Å². The van der Waals surface area contributed by atoms with Crippen LogP contribution in [-0.2, 0) is 0 Å². The van der Waals surface area contributed by atoms with E-state index in [2.05, 4.69) is 48.6 Å². The number of hydrogen-bond acceptors (Lipinski definition) is 2. The number of hydrogen-bond donors (Lipinski definition) is 1. The normalized spacial score (nSPS) is 17.6. The zero-order valence-corrected chi connectivity index (χ0v) is 10.9. The maximum Gasteiger partial charge on any atom is 0.0706 e. The van der Waals surface area contributed by atoms with Gasteiger partial charge in [0.1, 0.15) is 0 Å². The van der Waals surface area contributed by atoms with E-state index >= 15 is 0 Å². The Bertz CT molecular complexity index is 531. The zero-order chi connectivity index (χ0) is 12.4. The molecule has 0 spiro atoms. The van der Waals surface area contributed by atoms with Crippen LogP contribution in [0.3, 0.4) is 0 Å².